The number of carbonyl (C=O) groups excluding carboxylic acids is 1. The van der Waals surface area contributed by atoms with Gasteiger partial charge in [-0.05, 0) is 27.9 Å². The van der Waals surface area contributed by atoms with Gasteiger partial charge in [0.05, 0.1) is 6.04 Å². The van der Waals surface area contributed by atoms with Crippen LogP contribution < -0.4 is 5.32 Å². The van der Waals surface area contributed by atoms with Gasteiger partial charge in [-0.25, -0.2) is 0 Å². The first kappa shape index (κ1) is 14.8. The summed E-state index contributed by atoms with van der Waals surface area (Å²) in [5, 5.41) is 3.32. The van der Waals surface area contributed by atoms with Crippen LogP contribution in [0.25, 0.3) is 0 Å². The maximum Gasteiger partial charge on any atom is 0.240 e. The van der Waals surface area contributed by atoms with E-state index in [1.807, 2.05) is 30.8 Å². The smallest absolute Gasteiger partial charge is 0.240 e. The van der Waals surface area contributed by atoms with Crippen molar-refractivity contribution in [2.45, 2.75) is 25.9 Å². The minimum absolute atomic E-state index is 0.0123. The molecule has 0 aromatic rings. The summed E-state index contributed by atoms with van der Waals surface area (Å²) < 4.78 is 0. The van der Waals surface area contributed by atoms with Crippen LogP contribution >= 0.6 is 11.8 Å². The van der Waals surface area contributed by atoms with Crippen LogP contribution in [0.15, 0.2) is 0 Å². The summed E-state index contributed by atoms with van der Waals surface area (Å²) in [6.07, 6.45) is 0. The van der Waals surface area contributed by atoms with Gasteiger partial charge >= 0.3 is 0 Å². The van der Waals surface area contributed by atoms with Crippen LogP contribution in [0.5, 0.6) is 0 Å². The molecule has 0 saturated carbocycles. The van der Waals surface area contributed by atoms with Crippen LogP contribution in [-0.2, 0) is 4.79 Å². The average molecular weight is 259 g/mol. The molecule has 0 spiro atoms. The minimum atomic E-state index is 0.0123. The molecule has 2 atom stereocenters. The van der Waals surface area contributed by atoms with Crippen molar-refractivity contribution in [1.29, 1.82) is 0 Å². The molecule has 1 amide bonds. The molecular formula is C12H25N3OS. The Labute approximate surface area is 109 Å². The zero-order valence-electron chi connectivity index (χ0n) is 11.4. The van der Waals surface area contributed by atoms with Crippen molar-refractivity contribution in [3.05, 3.63) is 0 Å². The first-order valence-corrected chi connectivity index (χ1v) is 7.48. The van der Waals surface area contributed by atoms with Gasteiger partial charge in [0.25, 0.3) is 0 Å². The third kappa shape index (κ3) is 4.48. The van der Waals surface area contributed by atoms with E-state index in [1.54, 1.807) is 0 Å². The topological polar surface area (TPSA) is 35.6 Å². The van der Waals surface area contributed by atoms with Gasteiger partial charge in [0.2, 0.25) is 5.91 Å². The maximum absolute atomic E-state index is 12.4. The number of nitrogens with one attached hydrogen (secondary N) is 1. The molecule has 1 rings (SSSR count). The molecule has 1 heterocycles. The molecule has 0 radical (unpaired) electrons. The van der Waals surface area contributed by atoms with Gasteiger partial charge < -0.3 is 15.1 Å². The fourth-order valence-corrected chi connectivity index (χ4v) is 3.16. The third-order valence-electron chi connectivity index (χ3n) is 3.00. The average Bonchev–Trinajstić information content (AvgIpc) is 2.30. The highest BCUT2D eigenvalue weighted by atomic mass is 32.2. The van der Waals surface area contributed by atoms with Crippen molar-refractivity contribution >= 4 is 17.7 Å². The molecule has 100 valence electrons. The molecule has 0 aromatic carbocycles. The van der Waals surface area contributed by atoms with Crippen LogP contribution in [0.3, 0.4) is 0 Å². The summed E-state index contributed by atoms with van der Waals surface area (Å²) in [4.78, 5) is 16.5. The second kappa shape index (κ2) is 7.24. The quantitative estimate of drug-likeness (QED) is 0.779. The number of amides is 1. The largest absolute Gasteiger partial charge is 0.338 e. The van der Waals surface area contributed by atoms with E-state index in [0.29, 0.717) is 0 Å². The Morgan fingerprint density at radius 1 is 1.53 bits per heavy atom. The number of likely N-dealkylation sites (N-methyl/N-ethyl adjacent to an activating group) is 2. The molecule has 17 heavy (non-hydrogen) atoms. The van der Waals surface area contributed by atoms with Crippen molar-refractivity contribution < 1.29 is 4.79 Å². The molecule has 0 bridgehead atoms. The predicted octanol–water partition coefficient (Wildman–Crippen LogP) is 0.490. The Morgan fingerprint density at radius 3 is 2.71 bits per heavy atom. The van der Waals surface area contributed by atoms with Crippen LogP contribution in [0.2, 0.25) is 0 Å². The summed E-state index contributed by atoms with van der Waals surface area (Å²) in [5.41, 5.74) is 0. The Morgan fingerprint density at radius 2 is 2.24 bits per heavy atom. The fraction of sp³-hybridized carbons (Fsp3) is 0.917. The Hall–Kier alpha value is -0.260. The third-order valence-corrected chi connectivity index (χ3v) is 4.07. The van der Waals surface area contributed by atoms with Gasteiger partial charge in [0, 0.05) is 37.2 Å². The van der Waals surface area contributed by atoms with Crippen molar-refractivity contribution in [3.63, 3.8) is 0 Å². The summed E-state index contributed by atoms with van der Waals surface area (Å²) in [6.45, 7) is 6.83. The van der Waals surface area contributed by atoms with Crippen LogP contribution in [0.4, 0.5) is 0 Å². The van der Waals surface area contributed by atoms with Gasteiger partial charge in [-0.15, -0.1) is 0 Å². The Bertz CT molecular complexity index is 242. The standard InChI is InChI=1S/C12H25N3OS/c1-5-15(10(2)8-14(3)4)12(16)11-9-17-7-6-13-11/h10-11,13H,5-9H2,1-4H3. The second-order valence-corrected chi connectivity index (χ2v) is 5.97. The zero-order chi connectivity index (χ0) is 12.8. The fourth-order valence-electron chi connectivity index (χ4n) is 2.24. The number of carbonyl (C=O) groups is 1. The molecular weight excluding hydrogens is 234 g/mol. The summed E-state index contributed by atoms with van der Waals surface area (Å²) in [5.74, 6) is 2.28. The summed E-state index contributed by atoms with van der Waals surface area (Å²) >= 11 is 1.86. The Kier molecular flexibility index (Phi) is 6.30. The van der Waals surface area contributed by atoms with E-state index >= 15 is 0 Å². The van der Waals surface area contributed by atoms with E-state index in [4.69, 9.17) is 0 Å². The number of thioether (sulfide) groups is 1. The lowest BCUT2D eigenvalue weighted by molar-refractivity contribution is -0.135. The van der Waals surface area contributed by atoms with Crippen molar-refractivity contribution in [2.24, 2.45) is 0 Å². The van der Waals surface area contributed by atoms with Gasteiger partial charge in [0.15, 0.2) is 0 Å². The number of nitrogens with zero attached hydrogens (tertiary/aromatic N) is 2. The monoisotopic (exact) mass is 259 g/mol. The highest BCUT2D eigenvalue weighted by Gasteiger charge is 2.27. The van der Waals surface area contributed by atoms with Crippen molar-refractivity contribution in [2.75, 3.05) is 45.2 Å². The number of hydrogen-bond acceptors (Lipinski definition) is 4. The molecule has 0 aromatic heterocycles. The lowest BCUT2D eigenvalue weighted by Crippen LogP contribution is -2.54. The van der Waals surface area contributed by atoms with Crippen LogP contribution in [-0.4, -0.2) is 73.0 Å². The second-order valence-electron chi connectivity index (χ2n) is 4.82. The van der Waals surface area contributed by atoms with Gasteiger partial charge in [-0.2, -0.15) is 11.8 Å². The summed E-state index contributed by atoms with van der Waals surface area (Å²) in [7, 11) is 4.09. The van der Waals surface area contributed by atoms with E-state index < -0.39 is 0 Å². The van der Waals surface area contributed by atoms with Gasteiger partial charge in [-0.3, -0.25) is 4.79 Å². The highest BCUT2D eigenvalue weighted by molar-refractivity contribution is 7.99. The first-order chi connectivity index (χ1) is 8.06. The van der Waals surface area contributed by atoms with E-state index in [-0.39, 0.29) is 18.0 Å². The SMILES string of the molecule is CCN(C(=O)C1CSCCN1)C(C)CN(C)C. The lowest BCUT2D eigenvalue weighted by Gasteiger charge is -2.34. The molecule has 4 nitrogen and oxygen atoms in total. The van der Waals surface area contributed by atoms with Crippen LogP contribution in [0.1, 0.15) is 13.8 Å². The van der Waals surface area contributed by atoms with Crippen molar-refractivity contribution in [3.8, 4) is 0 Å². The maximum atomic E-state index is 12.4. The first-order valence-electron chi connectivity index (χ1n) is 6.32. The zero-order valence-corrected chi connectivity index (χ0v) is 12.2. The van der Waals surface area contributed by atoms with Crippen molar-refractivity contribution in [1.82, 2.24) is 15.1 Å². The molecule has 5 heteroatoms. The number of hydrogen-bond donors (Lipinski definition) is 1. The molecule has 1 aliphatic heterocycles. The van der Waals surface area contributed by atoms with E-state index in [1.165, 1.54) is 0 Å². The molecule has 1 N–H and O–H groups in total. The minimum Gasteiger partial charge on any atom is -0.338 e. The molecule has 2 unspecified atom stereocenters. The van der Waals surface area contributed by atoms with Gasteiger partial charge in [-0.1, -0.05) is 0 Å². The van der Waals surface area contributed by atoms with Crippen LogP contribution in [0, 0.1) is 0 Å². The Balaban J connectivity index is 2.55. The molecule has 1 saturated heterocycles. The normalized spacial score (nSPS) is 22.5. The summed E-state index contributed by atoms with van der Waals surface area (Å²) in [6, 6.07) is 0.287. The van der Waals surface area contributed by atoms with E-state index in [9.17, 15) is 4.79 Å². The molecule has 1 aliphatic rings. The van der Waals surface area contributed by atoms with Gasteiger partial charge in [0.1, 0.15) is 0 Å². The highest BCUT2D eigenvalue weighted by Crippen LogP contribution is 2.12. The van der Waals surface area contributed by atoms with E-state index in [2.05, 4.69) is 24.1 Å². The lowest BCUT2D eigenvalue weighted by atomic mass is 10.2. The molecule has 1 fully saturated rings. The predicted molar refractivity (Wildman–Crippen MR) is 74.5 cm³/mol. The number of rotatable bonds is 5. The molecule has 0 aliphatic carbocycles. The van der Waals surface area contributed by atoms with E-state index in [0.717, 1.165) is 31.1 Å².